The second-order valence-electron chi connectivity index (χ2n) is 6.46. The van der Waals surface area contributed by atoms with Crippen molar-refractivity contribution in [3.05, 3.63) is 0 Å². The average molecular weight is 314 g/mol. The molecule has 0 radical (unpaired) electrons. The molecule has 0 bridgehead atoms. The lowest BCUT2D eigenvalue weighted by Gasteiger charge is -2.41. The number of amides is 2. The molecule has 2 aliphatic carbocycles. The van der Waals surface area contributed by atoms with Crippen molar-refractivity contribution in [2.75, 3.05) is 12.8 Å². The minimum atomic E-state index is -0.771. The van der Waals surface area contributed by atoms with Crippen LogP contribution in [0.2, 0.25) is 0 Å². The zero-order valence-electron chi connectivity index (χ0n) is 12.7. The van der Waals surface area contributed by atoms with Crippen LogP contribution >= 0.6 is 11.8 Å². The minimum Gasteiger partial charge on any atom is -0.481 e. The maximum absolute atomic E-state index is 12.0. The summed E-state index contributed by atoms with van der Waals surface area (Å²) in [5.41, 5.74) is -0.209. The lowest BCUT2D eigenvalue weighted by atomic mass is 9.66. The van der Waals surface area contributed by atoms with Gasteiger partial charge in [-0.15, -0.1) is 0 Å². The van der Waals surface area contributed by atoms with E-state index in [0.29, 0.717) is 6.54 Å². The summed E-state index contributed by atoms with van der Waals surface area (Å²) in [4.78, 5) is 22.9. The van der Waals surface area contributed by atoms with Gasteiger partial charge in [0.05, 0.1) is 6.42 Å². The van der Waals surface area contributed by atoms with Crippen molar-refractivity contribution in [2.45, 2.75) is 62.7 Å². The molecule has 0 aromatic carbocycles. The van der Waals surface area contributed by atoms with Crippen molar-refractivity contribution < 1.29 is 14.7 Å². The van der Waals surface area contributed by atoms with Gasteiger partial charge in [-0.2, -0.15) is 11.8 Å². The first-order valence-electron chi connectivity index (χ1n) is 7.82. The van der Waals surface area contributed by atoms with E-state index >= 15 is 0 Å². The van der Waals surface area contributed by atoms with E-state index in [1.165, 1.54) is 0 Å². The van der Waals surface area contributed by atoms with Gasteiger partial charge in [0.15, 0.2) is 0 Å². The van der Waals surface area contributed by atoms with Crippen LogP contribution in [0.1, 0.15) is 51.4 Å². The second-order valence-corrected chi connectivity index (χ2v) is 7.60. The van der Waals surface area contributed by atoms with E-state index in [1.54, 1.807) is 0 Å². The van der Waals surface area contributed by atoms with Crippen LogP contribution in [0.5, 0.6) is 0 Å². The number of hydrogen-bond donors (Lipinski definition) is 3. The number of carboxylic acids is 1. The number of aliphatic carboxylic acids is 1. The fraction of sp³-hybridized carbons (Fsp3) is 0.867. The number of nitrogens with one attached hydrogen (secondary N) is 2. The molecule has 0 aromatic rings. The molecule has 2 amide bonds. The highest BCUT2D eigenvalue weighted by atomic mass is 32.2. The predicted octanol–water partition coefficient (Wildman–Crippen LogP) is 2.60. The first kappa shape index (κ1) is 16.5. The molecule has 2 saturated carbocycles. The predicted molar refractivity (Wildman–Crippen MR) is 84.6 cm³/mol. The van der Waals surface area contributed by atoms with Gasteiger partial charge < -0.3 is 15.7 Å². The molecule has 2 aliphatic rings. The molecule has 5 nitrogen and oxygen atoms in total. The molecule has 6 heteroatoms. The second kappa shape index (κ2) is 7.38. The van der Waals surface area contributed by atoms with Gasteiger partial charge in [0.2, 0.25) is 0 Å². The first-order chi connectivity index (χ1) is 10.0. The normalized spacial score (nSPS) is 27.5. The molecule has 120 valence electrons. The van der Waals surface area contributed by atoms with Crippen molar-refractivity contribution in [3.63, 3.8) is 0 Å². The topological polar surface area (TPSA) is 78.4 Å². The fourth-order valence-corrected chi connectivity index (χ4v) is 4.10. The van der Waals surface area contributed by atoms with Crippen molar-refractivity contribution in [1.82, 2.24) is 10.6 Å². The molecule has 0 unspecified atom stereocenters. The van der Waals surface area contributed by atoms with Crippen LogP contribution in [0.15, 0.2) is 0 Å². The van der Waals surface area contributed by atoms with Gasteiger partial charge in [-0.25, -0.2) is 4.79 Å². The monoisotopic (exact) mass is 314 g/mol. The molecule has 2 fully saturated rings. The molecular weight excluding hydrogens is 288 g/mol. The maximum Gasteiger partial charge on any atom is 0.315 e. The van der Waals surface area contributed by atoms with E-state index in [0.717, 1.165) is 50.2 Å². The smallest absolute Gasteiger partial charge is 0.315 e. The van der Waals surface area contributed by atoms with Crippen LogP contribution in [-0.2, 0) is 4.79 Å². The van der Waals surface area contributed by atoms with Gasteiger partial charge in [-0.1, -0.05) is 6.42 Å². The summed E-state index contributed by atoms with van der Waals surface area (Å²) < 4.78 is 0. The number of thioether (sulfide) groups is 1. The van der Waals surface area contributed by atoms with Gasteiger partial charge in [0.25, 0.3) is 0 Å². The Kier molecular flexibility index (Phi) is 5.79. The summed E-state index contributed by atoms with van der Waals surface area (Å²) in [5.74, 6) is -0.771. The van der Waals surface area contributed by atoms with Gasteiger partial charge in [0, 0.05) is 17.8 Å². The molecule has 3 N–H and O–H groups in total. The zero-order chi connectivity index (χ0) is 15.3. The zero-order valence-corrected chi connectivity index (χ0v) is 13.5. The Balaban J connectivity index is 1.69. The van der Waals surface area contributed by atoms with Crippen LogP contribution < -0.4 is 10.6 Å². The fourth-order valence-electron chi connectivity index (χ4n) is 3.36. The van der Waals surface area contributed by atoms with Gasteiger partial charge in [0.1, 0.15) is 0 Å². The number of carboxylic acid groups (broad SMARTS) is 1. The van der Waals surface area contributed by atoms with E-state index in [1.807, 2.05) is 11.8 Å². The highest BCUT2D eigenvalue weighted by Gasteiger charge is 2.39. The van der Waals surface area contributed by atoms with Crippen LogP contribution in [0, 0.1) is 5.41 Å². The Hall–Kier alpha value is -0.910. The van der Waals surface area contributed by atoms with Crippen molar-refractivity contribution in [1.29, 1.82) is 0 Å². The molecule has 0 aromatic heterocycles. The summed E-state index contributed by atoms with van der Waals surface area (Å²) in [5, 5.41) is 15.6. The van der Waals surface area contributed by atoms with E-state index in [-0.39, 0.29) is 23.9 Å². The number of hydrogen-bond acceptors (Lipinski definition) is 3. The third-order valence-corrected chi connectivity index (χ3v) is 6.05. The molecule has 0 spiro atoms. The third-order valence-electron chi connectivity index (χ3n) is 4.91. The number of rotatable bonds is 6. The van der Waals surface area contributed by atoms with Gasteiger partial charge in [-0.3, -0.25) is 4.79 Å². The Morgan fingerprint density at radius 3 is 2.38 bits per heavy atom. The Morgan fingerprint density at radius 2 is 1.90 bits per heavy atom. The van der Waals surface area contributed by atoms with Crippen LogP contribution in [0.3, 0.4) is 0 Å². The largest absolute Gasteiger partial charge is 0.481 e. The van der Waals surface area contributed by atoms with Crippen molar-refractivity contribution in [3.8, 4) is 0 Å². The third kappa shape index (κ3) is 4.80. The van der Waals surface area contributed by atoms with E-state index in [2.05, 4.69) is 16.9 Å². The first-order valence-corrected chi connectivity index (χ1v) is 9.11. The summed E-state index contributed by atoms with van der Waals surface area (Å²) >= 11 is 1.91. The molecule has 0 saturated heterocycles. The van der Waals surface area contributed by atoms with Crippen LogP contribution in [-0.4, -0.2) is 41.2 Å². The Morgan fingerprint density at radius 1 is 1.24 bits per heavy atom. The molecule has 21 heavy (non-hydrogen) atoms. The molecule has 0 heterocycles. The summed E-state index contributed by atoms with van der Waals surface area (Å²) in [7, 11) is 0. The lowest BCUT2D eigenvalue weighted by molar-refractivity contribution is -0.141. The van der Waals surface area contributed by atoms with E-state index in [4.69, 9.17) is 5.11 Å². The lowest BCUT2D eigenvalue weighted by Crippen LogP contribution is -2.49. The van der Waals surface area contributed by atoms with Crippen LogP contribution in [0.4, 0.5) is 4.79 Å². The molecule has 0 aliphatic heterocycles. The van der Waals surface area contributed by atoms with Gasteiger partial charge >= 0.3 is 12.0 Å². The Bertz CT molecular complexity index is 377. The molecule has 2 rings (SSSR count). The highest BCUT2D eigenvalue weighted by Crippen LogP contribution is 2.43. The maximum atomic E-state index is 12.0. The number of carbonyl (C=O) groups is 2. The van der Waals surface area contributed by atoms with Crippen molar-refractivity contribution in [2.24, 2.45) is 5.41 Å². The summed E-state index contributed by atoms with van der Waals surface area (Å²) in [6, 6.07) is 0.129. The quantitative estimate of drug-likeness (QED) is 0.704. The minimum absolute atomic E-state index is 0.140. The molecular formula is C15H26N2O3S. The van der Waals surface area contributed by atoms with E-state index in [9.17, 15) is 9.59 Å². The van der Waals surface area contributed by atoms with Gasteiger partial charge in [-0.05, 0) is 50.2 Å². The molecule has 0 atom stereocenters. The standard InChI is InChI=1S/C15H26N2O3S/c1-21-12-5-3-11(4-6-12)17-14(20)16-10-15(7-2-8-15)9-13(18)19/h11-12H,2-10H2,1H3,(H,18,19)(H2,16,17,20). The average Bonchev–Trinajstić information content (AvgIpc) is 2.42. The highest BCUT2D eigenvalue weighted by molar-refractivity contribution is 7.99. The van der Waals surface area contributed by atoms with Crippen molar-refractivity contribution >= 4 is 23.8 Å². The van der Waals surface area contributed by atoms with E-state index < -0.39 is 5.97 Å². The summed E-state index contributed by atoms with van der Waals surface area (Å²) in [6.07, 6.45) is 9.58. The Labute approximate surface area is 130 Å². The summed E-state index contributed by atoms with van der Waals surface area (Å²) in [6.45, 7) is 0.477. The van der Waals surface area contributed by atoms with Crippen LogP contribution in [0.25, 0.3) is 0 Å². The SMILES string of the molecule is CSC1CCC(NC(=O)NCC2(CC(=O)O)CCC2)CC1. The number of carbonyl (C=O) groups excluding carboxylic acids is 1. The number of urea groups is 1.